The molecule has 0 radical (unpaired) electrons. The molecule has 1 aromatic heterocycles. The van der Waals surface area contributed by atoms with Crippen LogP contribution in [0.4, 0.5) is 5.69 Å². The number of benzene rings is 2. The van der Waals surface area contributed by atoms with E-state index in [0.717, 1.165) is 45.1 Å². The zero-order valence-electron chi connectivity index (χ0n) is 17.0. The van der Waals surface area contributed by atoms with E-state index in [4.69, 9.17) is 0 Å². The smallest absolute Gasteiger partial charge is 0.243 e. The highest BCUT2D eigenvalue weighted by Gasteiger charge is 2.30. The number of thiazole rings is 1. The van der Waals surface area contributed by atoms with Gasteiger partial charge in [-0.1, -0.05) is 30.3 Å². The Labute approximate surface area is 190 Å². The molecule has 3 aromatic rings. The van der Waals surface area contributed by atoms with Crippen molar-refractivity contribution in [3.05, 3.63) is 48.0 Å². The summed E-state index contributed by atoms with van der Waals surface area (Å²) in [5.74, 6) is 0.335. The van der Waals surface area contributed by atoms with Crippen molar-refractivity contribution in [3.63, 3.8) is 0 Å². The molecule has 1 saturated heterocycles. The molecule has 2 aliphatic rings. The number of hydrogen-bond acceptors (Lipinski definition) is 6. The van der Waals surface area contributed by atoms with Gasteiger partial charge in [0.1, 0.15) is 0 Å². The molecule has 2 aliphatic heterocycles. The Kier molecular flexibility index (Phi) is 5.76. The Hall–Kier alpha value is -1.94. The van der Waals surface area contributed by atoms with Crippen LogP contribution in [-0.4, -0.2) is 49.0 Å². The number of sulfonamides is 1. The SMILES string of the molecule is O=C(CSc1nc2ccccc2s1)N1CCc2cc(S(=O)(=O)N3CCCCC3)ccc21. The van der Waals surface area contributed by atoms with Gasteiger partial charge in [-0.15, -0.1) is 11.3 Å². The maximum atomic E-state index is 13.0. The molecule has 0 atom stereocenters. The van der Waals surface area contributed by atoms with Gasteiger partial charge in [0.05, 0.1) is 20.9 Å². The van der Waals surface area contributed by atoms with E-state index in [1.165, 1.54) is 11.8 Å². The van der Waals surface area contributed by atoms with E-state index in [-0.39, 0.29) is 5.91 Å². The van der Waals surface area contributed by atoms with Crippen molar-refractivity contribution in [1.82, 2.24) is 9.29 Å². The molecule has 9 heteroatoms. The number of thioether (sulfide) groups is 1. The molecule has 0 unspecified atom stereocenters. The third-order valence-corrected chi connectivity index (χ3v) is 9.85. The second-order valence-corrected chi connectivity index (χ2v) is 12.0. The average molecular weight is 474 g/mol. The largest absolute Gasteiger partial charge is 0.311 e. The monoisotopic (exact) mass is 473 g/mol. The molecule has 0 N–H and O–H groups in total. The number of nitrogens with zero attached hydrogens (tertiary/aromatic N) is 3. The van der Waals surface area contributed by atoms with Crippen molar-refractivity contribution in [3.8, 4) is 0 Å². The summed E-state index contributed by atoms with van der Waals surface area (Å²) in [5, 5.41) is 0. The molecule has 5 rings (SSSR count). The Balaban J connectivity index is 1.29. The predicted octanol–water partition coefficient (Wildman–Crippen LogP) is 4.15. The zero-order valence-corrected chi connectivity index (χ0v) is 19.4. The number of aromatic nitrogens is 1. The topological polar surface area (TPSA) is 70.6 Å². The van der Waals surface area contributed by atoms with E-state index >= 15 is 0 Å². The van der Waals surface area contributed by atoms with Gasteiger partial charge in [-0.2, -0.15) is 4.31 Å². The van der Waals surface area contributed by atoms with Crippen LogP contribution in [-0.2, 0) is 21.2 Å². The lowest BCUT2D eigenvalue weighted by Gasteiger charge is -2.26. The van der Waals surface area contributed by atoms with Crippen LogP contribution in [0.3, 0.4) is 0 Å². The Morgan fingerprint density at radius 1 is 1.06 bits per heavy atom. The van der Waals surface area contributed by atoms with Crippen molar-refractivity contribution in [2.75, 3.05) is 30.3 Å². The number of hydrogen-bond donors (Lipinski definition) is 0. The molecule has 1 fully saturated rings. The summed E-state index contributed by atoms with van der Waals surface area (Å²) >= 11 is 3.05. The summed E-state index contributed by atoms with van der Waals surface area (Å²) in [7, 11) is -3.46. The van der Waals surface area contributed by atoms with Gasteiger partial charge in [0, 0.05) is 25.3 Å². The third kappa shape index (κ3) is 4.11. The van der Waals surface area contributed by atoms with Gasteiger partial charge in [-0.3, -0.25) is 4.79 Å². The minimum Gasteiger partial charge on any atom is -0.311 e. The van der Waals surface area contributed by atoms with Gasteiger partial charge in [0.25, 0.3) is 0 Å². The molecule has 0 bridgehead atoms. The predicted molar refractivity (Wildman–Crippen MR) is 125 cm³/mol. The molecule has 0 spiro atoms. The van der Waals surface area contributed by atoms with Crippen LogP contribution >= 0.6 is 23.1 Å². The van der Waals surface area contributed by atoms with Gasteiger partial charge >= 0.3 is 0 Å². The Bertz CT molecular complexity index is 1200. The number of carbonyl (C=O) groups is 1. The van der Waals surface area contributed by atoms with Gasteiger partial charge in [-0.25, -0.2) is 13.4 Å². The molecule has 3 heterocycles. The molecule has 1 amide bonds. The van der Waals surface area contributed by atoms with E-state index in [2.05, 4.69) is 4.98 Å². The minimum absolute atomic E-state index is 0.0228. The first-order valence-electron chi connectivity index (χ1n) is 10.4. The fourth-order valence-corrected chi connectivity index (χ4v) is 7.68. The maximum absolute atomic E-state index is 13.0. The van der Waals surface area contributed by atoms with Crippen LogP contribution in [0.25, 0.3) is 10.2 Å². The van der Waals surface area contributed by atoms with Crippen LogP contribution in [0.1, 0.15) is 24.8 Å². The van der Waals surface area contributed by atoms with Gasteiger partial charge < -0.3 is 4.90 Å². The Morgan fingerprint density at radius 3 is 2.68 bits per heavy atom. The number of carbonyl (C=O) groups excluding carboxylic acids is 1. The highest BCUT2D eigenvalue weighted by atomic mass is 32.2. The molecule has 0 saturated carbocycles. The fourth-order valence-electron chi connectivity index (χ4n) is 4.17. The van der Waals surface area contributed by atoms with E-state index < -0.39 is 10.0 Å². The van der Waals surface area contributed by atoms with E-state index in [1.807, 2.05) is 24.3 Å². The summed E-state index contributed by atoms with van der Waals surface area (Å²) in [6, 6.07) is 13.2. The van der Waals surface area contributed by atoms with E-state index in [9.17, 15) is 13.2 Å². The summed E-state index contributed by atoms with van der Waals surface area (Å²) in [5.41, 5.74) is 2.71. The quantitative estimate of drug-likeness (QED) is 0.521. The lowest BCUT2D eigenvalue weighted by Crippen LogP contribution is -2.35. The second-order valence-electron chi connectivity index (χ2n) is 7.79. The zero-order chi connectivity index (χ0) is 21.4. The first-order valence-corrected chi connectivity index (χ1v) is 13.7. The summed E-state index contributed by atoms with van der Waals surface area (Å²) in [6.07, 6.45) is 3.59. The van der Waals surface area contributed by atoms with Crippen molar-refractivity contribution >= 4 is 54.9 Å². The Morgan fingerprint density at radius 2 is 1.87 bits per heavy atom. The number of fused-ring (bicyclic) bond motifs is 2. The number of para-hydroxylation sites is 1. The lowest BCUT2D eigenvalue weighted by molar-refractivity contribution is -0.116. The first kappa shape index (κ1) is 20.9. The van der Waals surface area contributed by atoms with Crippen molar-refractivity contribution in [2.24, 2.45) is 0 Å². The summed E-state index contributed by atoms with van der Waals surface area (Å²) in [4.78, 5) is 19.6. The van der Waals surface area contributed by atoms with Crippen molar-refractivity contribution < 1.29 is 13.2 Å². The van der Waals surface area contributed by atoms with Crippen molar-refractivity contribution in [1.29, 1.82) is 0 Å². The van der Waals surface area contributed by atoms with Gasteiger partial charge in [-0.05, 0) is 55.2 Å². The van der Waals surface area contributed by atoms with Crippen molar-refractivity contribution in [2.45, 2.75) is 34.9 Å². The standard InChI is InChI=1S/C22H23N3O3S3/c26-21(15-29-22-23-18-6-2-3-7-20(18)30-22)25-13-10-16-14-17(8-9-19(16)25)31(27,28)24-11-4-1-5-12-24/h2-3,6-9,14H,1,4-5,10-13,15H2. The summed E-state index contributed by atoms with van der Waals surface area (Å²) in [6.45, 7) is 1.77. The minimum atomic E-state index is -3.46. The number of amides is 1. The van der Waals surface area contributed by atoms with Crippen LogP contribution in [0.15, 0.2) is 51.7 Å². The number of anilines is 1. The highest BCUT2D eigenvalue weighted by Crippen LogP contribution is 2.34. The molecular weight excluding hydrogens is 450 g/mol. The third-order valence-electron chi connectivity index (χ3n) is 5.79. The van der Waals surface area contributed by atoms with Crippen LogP contribution < -0.4 is 4.90 Å². The second kappa shape index (κ2) is 8.54. The van der Waals surface area contributed by atoms with Gasteiger partial charge in [0.2, 0.25) is 15.9 Å². The number of piperidine rings is 1. The average Bonchev–Trinajstić information content (AvgIpc) is 3.41. The normalized spacial score (nSPS) is 17.2. The molecule has 6 nitrogen and oxygen atoms in total. The fraction of sp³-hybridized carbons (Fsp3) is 0.364. The van der Waals surface area contributed by atoms with Crippen LogP contribution in [0.2, 0.25) is 0 Å². The lowest BCUT2D eigenvalue weighted by atomic mass is 10.2. The molecule has 2 aromatic carbocycles. The summed E-state index contributed by atoms with van der Waals surface area (Å²) < 4.78 is 29.5. The number of rotatable bonds is 5. The van der Waals surface area contributed by atoms with Crippen LogP contribution in [0, 0.1) is 0 Å². The van der Waals surface area contributed by atoms with Crippen LogP contribution in [0.5, 0.6) is 0 Å². The highest BCUT2D eigenvalue weighted by molar-refractivity contribution is 8.01. The molecule has 0 aliphatic carbocycles. The molecule has 31 heavy (non-hydrogen) atoms. The maximum Gasteiger partial charge on any atom is 0.243 e. The first-order chi connectivity index (χ1) is 15.0. The van der Waals surface area contributed by atoms with E-state index in [0.29, 0.717) is 36.7 Å². The van der Waals surface area contributed by atoms with E-state index in [1.54, 1.807) is 38.7 Å². The van der Waals surface area contributed by atoms with Gasteiger partial charge in [0.15, 0.2) is 4.34 Å². The molecular formula is C22H23N3O3S3. The molecule has 162 valence electrons.